The number of hydrogen-bond acceptors (Lipinski definition) is 6. The highest BCUT2D eigenvalue weighted by Crippen LogP contribution is 2.39. The predicted molar refractivity (Wildman–Crippen MR) is 128 cm³/mol. The highest BCUT2D eigenvalue weighted by Gasteiger charge is 2.43. The summed E-state index contributed by atoms with van der Waals surface area (Å²) in [6, 6.07) is 5.14. The maximum atomic E-state index is 12.6. The number of nitrogens with one attached hydrogen (secondary N) is 1. The van der Waals surface area contributed by atoms with Crippen LogP contribution in [-0.4, -0.2) is 53.7 Å². The molecule has 2 atom stereocenters. The first-order chi connectivity index (χ1) is 16.3. The summed E-state index contributed by atoms with van der Waals surface area (Å²) in [5.41, 5.74) is 1.02. The first-order valence-electron chi connectivity index (χ1n) is 12.3. The second-order valence-electron chi connectivity index (χ2n) is 9.61. The summed E-state index contributed by atoms with van der Waals surface area (Å²) in [6.07, 6.45) is 6.15. The molecule has 4 rings (SSSR count). The normalized spacial score (nSPS) is 22.3. The van der Waals surface area contributed by atoms with Gasteiger partial charge < -0.3 is 24.5 Å². The highest BCUT2D eigenvalue weighted by atomic mass is 16.5. The molecule has 1 saturated heterocycles. The lowest BCUT2D eigenvalue weighted by molar-refractivity contribution is -0.143. The van der Waals surface area contributed by atoms with Crippen LogP contribution in [0.2, 0.25) is 0 Å². The third-order valence-corrected chi connectivity index (χ3v) is 7.29. The van der Waals surface area contributed by atoms with E-state index in [9.17, 15) is 19.5 Å². The molecule has 8 nitrogen and oxygen atoms in total. The number of carbonyl (C=O) groups excluding carboxylic acids is 2. The number of benzene rings is 1. The Morgan fingerprint density at radius 2 is 2.12 bits per heavy atom. The average molecular weight is 471 g/mol. The van der Waals surface area contributed by atoms with Gasteiger partial charge in [0.2, 0.25) is 5.91 Å². The summed E-state index contributed by atoms with van der Waals surface area (Å²) < 4.78 is 11.1. The zero-order chi connectivity index (χ0) is 24.3. The maximum Gasteiger partial charge on any atom is 0.336 e. The fourth-order valence-electron chi connectivity index (χ4n) is 5.32. The largest absolute Gasteiger partial charge is 0.483 e. The number of aliphatic hydroxyl groups is 1. The lowest BCUT2D eigenvalue weighted by Crippen LogP contribution is -2.56. The summed E-state index contributed by atoms with van der Waals surface area (Å²) in [5.74, 6) is 0.0263. The van der Waals surface area contributed by atoms with Crippen LogP contribution in [0.1, 0.15) is 56.6 Å². The van der Waals surface area contributed by atoms with Gasteiger partial charge in [0.1, 0.15) is 11.3 Å². The van der Waals surface area contributed by atoms with Crippen molar-refractivity contribution in [2.24, 2.45) is 5.92 Å². The third kappa shape index (κ3) is 5.12. The van der Waals surface area contributed by atoms with Gasteiger partial charge in [0.15, 0.2) is 6.61 Å². The number of nitrogens with zero attached hydrogens (tertiary/aromatic N) is 1. The molecule has 1 aromatic carbocycles. The average Bonchev–Trinajstić information content (AvgIpc) is 2.82. The first kappa shape index (κ1) is 24.3. The molecule has 1 saturated carbocycles. The predicted octanol–water partition coefficient (Wildman–Crippen LogP) is 2.70. The van der Waals surface area contributed by atoms with Crippen LogP contribution in [0.25, 0.3) is 11.0 Å². The van der Waals surface area contributed by atoms with E-state index in [0.29, 0.717) is 36.4 Å². The number of piperidine rings is 1. The van der Waals surface area contributed by atoms with Gasteiger partial charge in [-0.1, -0.05) is 26.2 Å². The van der Waals surface area contributed by atoms with Crippen LogP contribution in [-0.2, 0) is 16.0 Å². The van der Waals surface area contributed by atoms with Crippen molar-refractivity contribution in [2.75, 3.05) is 26.2 Å². The van der Waals surface area contributed by atoms with Gasteiger partial charge in [-0.2, -0.15) is 0 Å². The lowest BCUT2D eigenvalue weighted by atomic mass is 9.71. The zero-order valence-corrected chi connectivity index (χ0v) is 20.0. The highest BCUT2D eigenvalue weighted by molar-refractivity contribution is 5.86. The molecule has 1 aliphatic carbocycles. The number of aryl methyl sites for hydroxylation is 2. The van der Waals surface area contributed by atoms with Gasteiger partial charge in [-0.15, -0.1) is 0 Å². The van der Waals surface area contributed by atoms with Crippen LogP contribution in [0.3, 0.4) is 0 Å². The molecule has 2 amide bonds. The van der Waals surface area contributed by atoms with Crippen molar-refractivity contribution >= 4 is 22.8 Å². The van der Waals surface area contributed by atoms with Crippen LogP contribution in [0.5, 0.6) is 5.75 Å². The topological polar surface area (TPSA) is 109 Å². The van der Waals surface area contributed by atoms with Crippen molar-refractivity contribution in [3.63, 3.8) is 0 Å². The molecule has 0 unspecified atom stereocenters. The van der Waals surface area contributed by atoms with E-state index in [1.54, 1.807) is 17.9 Å². The molecule has 2 N–H and O–H groups in total. The van der Waals surface area contributed by atoms with E-state index >= 15 is 0 Å². The van der Waals surface area contributed by atoms with Crippen LogP contribution in [0, 0.1) is 12.8 Å². The van der Waals surface area contributed by atoms with Crippen molar-refractivity contribution in [2.45, 2.75) is 64.4 Å². The Bertz CT molecular complexity index is 1130. The number of rotatable bonds is 7. The van der Waals surface area contributed by atoms with E-state index in [2.05, 4.69) is 12.2 Å². The minimum atomic E-state index is -0.639. The van der Waals surface area contributed by atoms with Crippen LogP contribution in [0.15, 0.2) is 27.4 Å². The third-order valence-electron chi connectivity index (χ3n) is 7.29. The Balaban J connectivity index is 1.31. The lowest BCUT2D eigenvalue weighted by Gasteiger charge is -2.47. The summed E-state index contributed by atoms with van der Waals surface area (Å²) >= 11 is 0. The number of amides is 2. The van der Waals surface area contributed by atoms with E-state index in [1.807, 2.05) is 6.07 Å². The molecule has 2 aliphatic rings. The smallest absolute Gasteiger partial charge is 0.336 e. The fourth-order valence-corrected chi connectivity index (χ4v) is 5.32. The summed E-state index contributed by atoms with van der Waals surface area (Å²) in [6.45, 7) is 4.55. The molecule has 2 aromatic rings. The minimum Gasteiger partial charge on any atom is -0.483 e. The summed E-state index contributed by atoms with van der Waals surface area (Å²) in [4.78, 5) is 38.7. The van der Waals surface area contributed by atoms with Gasteiger partial charge in [0, 0.05) is 36.0 Å². The molecule has 0 bridgehead atoms. The molecule has 2 fully saturated rings. The molecule has 184 valence electrons. The van der Waals surface area contributed by atoms with Gasteiger partial charge in [0.25, 0.3) is 5.91 Å². The van der Waals surface area contributed by atoms with Gasteiger partial charge in [-0.3, -0.25) is 9.59 Å². The SMILES string of the molecule is CCCc1cc(=O)oc2c(C)c(OCC(=O)NCC(=O)N3CC[C@@]4(O)CCCC[C@@H]4C3)ccc12. The van der Waals surface area contributed by atoms with Crippen molar-refractivity contribution in [1.82, 2.24) is 10.2 Å². The second-order valence-corrected chi connectivity index (χ2v) is 9.61. The molecule has 34 heavy (non-hydrogen) atoms. The number of carbonyl (C=O) groups is 2. The number of likely N-dealkylation sites (tertiary alicyclic amines) is 1. The maximum absolute atomic E-state index is 12.6. The Kier molecular flexibility index (Phi) is 7.26. The van der Waals surface area contributed by atoms with Gasteiger partial charge >= 0.3 is 5.63 Å². The fraction of sp³-hybridized carbons (Fsp3) is 0.577. The number of fused-ring (bicyclic) bond motifs is 2. The van der Waals surface area contributed by atoms with Gasteiger partial charge in [-0.05, 0) is 50.3 Å². The molecule has 8 heteroatoms. The minimum absolute atomic E-state index is 0.0979. The summed E-state index contributed by atoms with van der Waals surface area (Å²) in [7, 11) is 0. The van der Waals surface area contributed by atoms with Crippen LogP contribution >= 0.6 is 0 Å². The number of ether oxygens (including phenoxy) is 1. The van der Waals surface area contributed by atoms with Gasteiger partial charge in [0.05, 0.1) is 12.1 Å². The van der Waals surface area contributed by atoms with Crippen molar-refractivity contribution in [3.8, 4) is 5.75 Å². The number of hydrogen-bond donors (Lipinski definition) is 2. The van der Waals surface area contributed by atoms with E-state index in [-0.39, 0.29) is 25.0 Å². The molecule has 1 aromatic heterocycles. The molecule has 0 radical (unpaired) electrons. The van der Waals surface area contributed by atoms with Gasteiger partial charge in [-0.25, -0.2) is 4.79 Å². The van der Waals surface area contributed by atoms with Crippen molar-refractivity contribution < 1.29 is 23.8 Å². The Hall–Kier alpha value is -2.87. The monoisotopic (exact) mass is 470 g/mol. The Labute approximate surface area is 199 Å². The van der Waals surface area contributed by atoms with Crippen molar-refractivity contribution in [1.29, 1.82) is 0 Å². The molecule has 0 spiro atoms. The van der Waals surface area contributed by atoms with Crippen LogP contribution < -0.4 is 15.7 Å². The standard InChI is InChI=1S/C26H34N2O6/c1-3-6-18-13-24(31)34-25-17(2)21(9-8-20(18)25)33-16-22(29)27-14-23(30)28-12-11-26(32)10-5-4-7-19(26)15-28/h8-9,13,19,32H,3-7,10-12,14-16H2,1-2H3,(H,27,29)/t19-,26+/m1/s1. The van der Waals surface area contributed by atoms with E-state index in [1.165, 1.54) is 6.07 Å². The van der Waals surface area contributed by atoms with E-state index in [0.717, 1.165) is 49.5 Å². The Morgan fingerprint density at radius 1 is 1.29 bits per heavy atom. The zero-order valence-electron chi connectivity index (χ0n) is 20.0. The summed E-state index contributed by atoms with van der Waals surface area (Å²) in [5, 5.41) is 14.3. The molecule has 1 aliphatic heterocycles. The molecule has 2 heterocycles. The van der Waals surface area contributed by atoms with E-state index in [4.69, 9.17) is 9.15 Å². The molecular formula is C26H34N2O6. The van der Waals surface area contributed by atoms with Crippen molar-refractivity contribution in [3.05, 3.63) is 39.7 Å². The second kappa shape index (κ2) is 10.2. The first-order valence-corrected chi connectivity index (χ1v) is 12.3. The Morgan fingerprint density at radius 3 is 2.91 bits per heavy atom. The quantitative estimate of drug-likeness (QED) is 0.603. The van der Waals surface area contributed by atoms with E-state index < -0.39 is 17.1 Å². The molecular weight excluding hydrogens is 436 g/mol. The van der Waals surface area contributed by atoms with Crippen LogP contribution in [0.4, 0.5) is 0 Å².